The maximum atomic E-state index is 4.46. The number of nitrogens with zero attached hydrogens (tertiary/aromatic N) is 2. The summed E-state index contributed by atoms with van der Waals surface area (Å²) in [7, 11) is 0. The van der Waals surface area contributed by atoms with Gasteiger partial charge in [0.05, 0.1) is 6.33 Å². The van der Waals surface area contributed by atoms with Gasteiger partial charge in [-0.25, -0.2) is 4.98 Å². The van der Waals surface area contributed by atoms with Crippen LogP contribution in [-0.2, 0) is 0 Å². The Morgan fingerprint density at radius 1 is 1.37 bits per heavy atom. The Bertz CT molecular complexity index is 398. The molecule has 1 aliphatic carbocycles. The van der Waals surface area contributed by atoms with Crippen molar-refractivity contribution in [2.45, 2.75) is 56.2 Å². The molecule has 2 aliphatic rings. The van der Waals surface area contributed by atoms with Crippen molar-refractivity contribution >= 4 is 11.8 Å². The molecule has 0 radical (unpaired) electrons. The van der Waals surface area contributed by atoms with Gasteiger partial charge in [-0.15, -0.1) is 0 Å². The molecular weight excluding hydrogens is 254 g/mol. The molecule has 3 atom stereocenters. The summed E-state index contributed by atoms with van der Waals surface area (Å²) < 4.78 is 2.51. The predicted molar refractivity (Wildman–Crippen MR) is 81.9 cm³/mol. The fraction of sp³-hybridized carbons (Fsp3) is 0.800. The Morgan fingerprint density at radius 2 is 2.32 bits per heavy atom. The molecule has 4 heteroatoms. The standard InChI is InChI=1S/C15H25N3S/c1-2-19-15-7-3-6-13(15)18-11-17-10-14(18)12-5-4-8-16-9-12/h10-13,15-16H,2-9H2,1H3. The van der Waals surface area contributed by atoms with E-state index in [2.05, 4.69) is 46.1 Å². The summed E-state index contributed by atoms with van der Waals surface area (Å²) in [5.74, 6) is 1.90. The van der Waals surface area contributed by atoms with E-state index in [-0.39, 0.29) is 0 Å². The zero-order valence-electron chi connectivity index (χ0n) is 11.8. The summed E-state index contributed by atoms with van der Waals surface area (Å²) in [6.07, 6.45) is 10.9. The van der Waals surface area contributed by atoms with E-state index in [1.807, 2.05) is 0 Å². The van der Waals surface area contributed by atoms with Crippen molar-refractivity contribution in [1.29, 1.82) is 0 Å². The second-order valence-electron chi connectivity index (χ2n) is 5.76. The molecule has 1 aromatic heterocycles. The van der Waals surface area contributed by atoms with Gasteiger partial charge in [0, 0.05) is 35.6 Å². The summed E-state index contributed by atoms with van der Waals surface area (Å²) in [6, 6.07) is 0.685. The largest absolute Gasteiger partial charge is 0.330 e. The second-order valence-corrected chi connectivity index (χ2v) is 7.28. The van der Waals surface area contributed by atoms with Crippen LogP contribution in [0.4, 0.5) is 0 Å². The Balaban J connectivity index is 1.78. The highest BCUT2D eigenvalue weighted by atomic mass is 32.2. The Morgan fingerprint density at radius 3 is 3.11 bits per heavy atom. The topological polar surface area (TPSA) is 29.9 Å². The molecule has 0 bridgehead atoms. The molecule has 2 fully saturated rings. The monoisotopic (exact) mass is 279 g/mol. The van der Waals surface area contributed by atoms with Crippen LogP contribution < -0.4 is 5.32 Å². The molecule has 3 unspecified atom stereocenters. The van der Waals surface area contributed by atoms with Crippen LogP contribution in [0, 0.1) is 0 Å². The molecule has 1 saturated heterocycles. The first-order valence-electron chi connectivity index (χ1n) is 7.74. The first-order valence-corrected chi connectivity index (χ1v) is 8.79. The van der Waals surface area contributed by atoms with Gasteiger partial charge in [0.1, 0.15) is 0 Å². The minimum absolute atomic E-state index is 0.670. The van der Waals surface area contributed by atoms with Gasteiger partial charge in [-0.1, -0.05) is 13.3 Å². The normalized spacial score (nSPS) is 31.7. The van der Waals surface area contributed by atoms with E-state index in [0.717, 1.165) is 11.8 Å². The van der Waals surface area contributed by atoms with Crippen molar-refractivity contribution in [2.24, 2.45) is 0 Å². The summed E-state index contributed by atoms with van der Waals surface area (Å²) in [5, 5.41) is 4.33. The van der Waals surface area contributed by atoms with Crippen LogP contribution in [0.5, 0.6) is 0 Å². The first-order chi connectivity index (χ1) is 9.40. The lowest BCUT2D eigenvalue weighted by Gasteiger charge is -2.28. The van der Waals surface area contributed by atoms with Crippen molar-refractivity contribution in [3.8, 4) is 0 Å². The van der Waals surface area contributed by atoms with Crippen molar-refractivity contribution in [2.75, 3.05) is 18.8 Å². The van der Waals surface area contributed by atoms with Gasteiger partial charge in [0.15, 0.2) is 0 Å². The van der Waals surface area contributed by atoms with Gasteiger partial charge in [-0.05, 0) is 38.0 Å². The molecule has 0 spiro atoms. The molecule has 1 aliphatic heterocycles. The third-order valence-corrected chi connectivity index (χ3v) is 5.88. The summed E-state index contributed by atoms with van der Waals surface area (Å²) in [5.41, 5.74) is 1.47. The highest BCUT2D eigenvalue weighted by Crippen LogP contribution is 2.40. The molecule has 3 rings (SSSR count). The zero-order chi connectivity index (χ0) is 13.1. The fourth-order valence-electron chi connectivity index (χ4n) is 3.65. The molecule has 0 aromatic carbocycles. The van der Waals surface area contributed by atoms with Crippen LogP contribution in [0.1, 0.15) is 56.7 Å². The van der Waals surface area contributed by atoms with Crippen molar-refractivity contribution in [1.82, 2.24) is 14.9 Å². The number of imidazole rings is 1. The van der Waals surface area contributed by atoms with Gasteiger partial charge >= 0.3 is 0 Å². The number of rotatable bonds is 4. The molecule has 0 amide bonds. The van der Waals surface area contributed by atoms with Gasteiger partial charge in [-0.2, -0.15) is 11.8 Å². The van der Waals surface area contributed by atoms with E-state index in [9.17, 15) is 0 Å². The highest BCUT2D eigenvalue weighted by Gasteiger charge is 2.31. The van der Waals surface area contributed by atoms with Gasteiger partial charge < -0.3 is 9.88 Å². The first kappa shape index (κ1) is 13.5. The molecule has 1 aromatic rings. The maximum absolute atomic E-state index is 4.46. The average Bonchev–Trinajstić information content (AvgIpc) is 3.08. The lowest BCUT2D eigenvalue weighted by atomic mass is 9.96. The fourth-order valence-corrected chi connectivity index (χ4v) is 4.90. The quantitative estimate of drug-likeness (QED) is 0.918. The Kier molecular flexibility index (Phi) is 4.49. The SMILES string of the molecule is CCSC1CCCC1n1cncc1C1CCCNC1. The van der Waals surface area contributed by atoms with Crippen LogP contribution in [0.25, 0.3) is 0 Å². The molecule has 19 heavy (non-hydrogen) atoms. The van der Waals surface area contributed by atoms with E-state index in [0.29, 0.717) is 12.0 Å². The van der Waals surface area contributed by atoms with Gasteiger partial charge in [-0.3, -0.25) is 0 Å². The second kappa shape index (κ2) is 6.31. The zero-order valence-corrected chi connectivity index (χ0v) is 12.7. The number of aromatic nitrogens is 2. The molecule has 2 heterocycles. The van der Waals surface area contributed by atoms with Crippen molar-refractivity contribution < 1.29 is 0 Å². The average molecular weight is 279 g/mol. The molecular formula is C15H25N3S. The van der Waals surface area contributed by atoms with Crippen LogP contribution in [0.3, 0.4) is 0 Å². The third-order valence-electron chi connectivity index (χ3n) is 4.57. The Labute approximate surface area is 120 Å². The van der Waals surface area contributed by atoms with Crippen molar-refractivity contribution in [3.63, 3.8) is 0 Å². The number of hydrogen-bond acceptors (Lipinski definition) is 3. The molecule has 3 nitrogen and oxygen atoms in total. The van der Waals surface area contributed by atoms with E-state index in [4.69, 9.17) is 0 Å². The third kappa shape index (κ3) is 2.84. The molecule has 1 N–H and O–H groups in total. The molecule has 106 valence electrons. The number of piperidine rings is 1. The van der Waals surface area contributed by atoms with Gasteiger partial charge in [0.25, 0.3) is 0 Å². The maximum Gasteiger partial charge on any atom is 0.0951 e. The predicted octanol–water partition coefficient (Wildman–Crippen LogP) is 3.20. The van der Waals surface area contributed by atoms with Crippen molar-refractivity contribution in [3.05, 3.63) is 18.2 Å². The summed E-state index contributed by atoms with van der Waals surface area (Å²) in [4.78, 5) is 4.46. The minimum atomic E-state index is 0.670. The lowest BCUT2D eigenvalue weighted by molar-refractivity contribution is 0.420. The van der Waals surface area contributed by atoms with E-state index in [1.54, 1.807) is 0 Å². The Hall–Kier alpha value is -0.480. The number of hydrogen-bond donors (Lipinski definition) is 1. The number of thioether (sulfide) groups is 1. The van der Waals surface area contributed by atoms with E-state index < -0.39 is 0 Å². The van der Waals surface area contributed by atoms with Gasteiger partial charge in [0.2, 0.25) is 0 Å². The minimum Gasteiger partial charge on any atom is -0.330 e. The van der Waals surface area contributed by atoms with E-state index >= 15 is 0 Å². The van der Waals surface area contributed by atoms with Crippen LogP contribution in [-0.4, -0.2) is 33.6 Å². The number of nitrogens with one attached hydrogen (secondary N) is 1. The van der Waals surface area contributed by atoms with Crippen LogP contribution in [0.15, 0.2) is 12.5 Å². The smallest absolute Gasteiger partial charge is 0.0951 e. The van der Waals surface area contributed by atoms with Crippen LogP contribution in [0.2, 0.25) is 0 Å². The highest BCUT2D eigenvalue weighted by molar-refractivity contribution is 7.99. The lowest BCUT2D eigenvalue weighted by Crippen LogP contribution is -2.30. The summed E-state index contributed by atoms with van der Waals surface area (Å²) >= 11 is 2.14. The van der Waals surface area contributed by atoms with E-state index in [1.165, 1.54) is 50.1 Å². The van der Waals surface area contributed by atoms with Crippen LogP contribution >= 0.6 is 11.8 Å². The summed E-state index contributed by atoms with van der Waals surface area (Å²) in [6.45, 7) is 4.59. The molecule has 1 saturated carbocycles.